The van der Waals surface area contributed by atoms with E-state index in [9.17, 15) is 0 Å². The third kappa shape index (κ3) is 2.78. The van der Waals surface area contributed by atoms with E-state index in [1.807, 2.05) is 0 Å². The van der Waals surface area contributed by atoms with Crippen molar-refractivity contribution in [3.8, 4) is 0 Å². The van der Waals surface area contributed by atoms with E-state index in [4.69, 9.17) is 0 Å². The van der Waals surface area contributed by atoms with Gasteiger partial charge in [0.05, 0.1) is 0 Å². The van der Waals surface area contributed by atoms with Crippen molar-refractivity contribution in [2.45, 2.75) is 58.5 Å². The predicted octanol–water partition coefficient (Wildman–Crippen LogP) is 2.49. The fourth-order valence-corrected chi connectivity index (χ4v) is 3.45. The van der Waals surface area contributed by atoms with E-state index in [0.717, 1.165) is 23.9 Å². The smallest absolute Gasteiger partial charge is 0.0261 e. The molecule has 2 aliphatic rings. The molecule has 2 atom stereocenters. The molecule has 2 unspecified atom stereocenters. The molecule has 0 spiro atoms. The summed E-state index contributed by atoms with van der Waals surface area (Å²) in [6.07, 6.45) is 5.79. The summed E-state index contributed by atoms with van der Waals surface area (Å²) in [6, 6.07) is 1.68. The van der Waals surface area contributed by atoms with Crippen LogP contribution in [-0.2, 0) is 0 Å². The molecule has 0 aromatic carbocycles. The summed E-state index contributed by atoms with van der Waals surface area (Å²) in [6.45, 7) is 10.8. The van der Waals surface area contributed by atoms with Crippen molar-refractivity contribution in [3.63, 3.8) is 0 Å². The third-order valence-electron chi connectivity index (χ3n) is 4.27. The first-order chi connectivity index (χ1) is 7.68. The molecule has 0 aromatic rings. The first kappa shape index (κ1) is 12.4. The zero-order valence-corrected chi connectivity index (χ0v) is 11.2. The van der Waals surface area contributed by atoms with Gasteiger partial charge in [-0.15, -0.1) is 0 Å². The minimum Gasteiger partial charge on any atom is -0.315 e. The van der Waals surface area contributed by atoms with Crippen molar-refractivity contribution in [2.24, 2.45) is 11.8 Å². The van der Waals surface area contributed by atoms with Gasteiger partial charge in [0.1, 0.15) is 0 Å². The summed E-state index contributed by atoms with van der Waals surface area (Å²) in [5.74, 6) is 1.63. The van der Waals surface area contributed by atoms with Crippen LogP contribution in [0.4, 0.5) is 0 Å². The van der Waals surface area contributed by atoms with E-state index in [1.165, 1.54) is 45.3 Å². The fourth-order valence-electron chi connectivity index (χ4n) is 3.45. The van der Waals surface area contributed by atoms with Crippen LogP contribution in [0, 0.1) is 11.8 Å². The van der Waals surface area contributed by atoms with Gasteiger partial charge in [0.2, 0.25) is 0 Å². The molecule has 16 heavy (non-hydrogen) atoms. The van der Waals surface area contributed by atoms with Gasteiger partial charge in [0.25, 0.3) is 0 Å². The van der Waals surface area contributed by atoms with Crippen molar-refractivity contribution in [1.29, 1.82) is 0 Å². The summed E-state index contributed by atoms with van der Waals surface area (Å²) in [4.78, 5) is 2.84. The normalized spacial score (nSPS) is 32.1. The minimum absolute atomic E-state index is 0.797. The molecule has 2 nitrogen and oxygen atoms in total. The Morgan fingerprint density at radius 3 is 2.38 bits per heavy atom. The molecule has 1 aliphatic carbocycles. The van der Waals surface area contributed by atoms with Crippen LogP contribution in [0.25, 0.3) is 0 Å². The molecule has 2 rings (SSSR count). The van der Waals surface area contributed by atoms with Gasteiger partial charge in [0.15, 0.2) is 0 Å². The topological polar surface area (TPSA) is 15.3 Å². The highest BCUT2D eigenvalue weighted by molar-refractivity contribution is 4.91. The molecule has 1 aliphatic heterocycles. The molecule has 0 amide bonds. The van der Waals surface area contributed by atoms with E-state index in [2.05, 4.69) is 31.0 Å². The molecular formula is C14H28N2. The fraction of sp³-hybridized carbons (Fsp3) is 1.00. The average molecular weight is 224 g/mol. The van der Waals surface area contributed by atoms with Gasteiger partial charge in [-0.25, -0.2) is 0 Å². The van der Waals surface area contributed by atoms with E-state index < -0.39 is 0 Å². The van der Waals surface area contributed by atoms with Crippen LogP contribution in [0.5, 0.6) is 0 Å². The molecule has 1 saturated heterocycles. The lowest BCUT2D eigenvalue weighted by atomic mass is 10.00. The van der Waals surface area contributed by atoms with Gasteiger partial charge in [-0.05, 0) is 31.2 Å². The van der Waals surface area contributed by atoms with Crippen molar-refractivity contribution >= 4 is 0 Å². The summed E-state index contributed by atoms with van der Waals surface area (Å²) < 4.78 is 0. The number of nitrogens with zero attached hydrogens (tertiary/aromatic N) is 1. The lowest BCUT2D eigenvalue weighted by Crippen LogP contribution is -2.47. The molecule has 1 saturated carbocycles. The Kier molecular flexibility index (Phi) is 4.26. The van der Waals surface area contributed by atoms with Crippen LogP contribution in [0.3, 0.4) is 0 Å². The van der Waals surface area contributed by atoms with Gasteiger partial charge in [-0.1, -0.05) is 33.6 Å². The molecule has 94 valence electrons. The Morgan fingerprint density at radius 2 is 1.88 bits per heavy atom. The van der Waals surface area contributed by atoms with Crippen LogP contribution in [0.2, 0.25) is 0 Å². The second kappa shape index (κ2) is 5.50. The second-order valence-corrected chi connectivity index (χ2v) is 6.23. The Balaban J connectivity index is 2.00. The molecule has 1 heterocycles. The zero-order chi connectivity index (χ0) is 11.5. The molecular weight excluding hydrogens is 196 g/mol. The monoisotopic (exact) mass is 224 g/mol. The standard InChI is InChI=1S/C14H28N2/c1-11(2)10-16(13-6-4-5-7-13)14-9-15-8-12(14)3/h11-15H,4-10H2,1-3H3. The first-order valence-electron chi connectivity index (χ1n) is 7.15. The van der Waals surface area contributed by atoms with Crippen LogP contribution in [0.15, 0.2) is 0 Å². The average Bonchev–Trinajstić information content (AvgIpc) is 2.84. The molecule has 0 radical (unpaired) electrons. The maximum atomic E-state index is 3.56. The van der Waals surface area contributed by atoms with Gasteiger partial charge >= 0.3 is 0 Å². The molecule has 2 heteroatoms. The van der Waals surface area contributed by atoms with Crippen molar-refractivity contribution in [2.75, 3.05) is 19.6 Å². The van der Waals surface area contributed by atoms with E-state index in [1.54, 1.807) is 0 Å². The van der Waals surface area contributed by atoms with Crippen LogP contribution < -0.4 is 5.32 Å². The second-order valence-electron chi connectivity index (χ2n) is 6.23. The van der Waals surface area contributed by atoms with Crippen LogP contribution >= 0.6 is 0 Å². The van der Waals surface area contributed by atoms with Crippen LogP contribution in [0.1, 0.15) is 46.5 Å². The number of nitrogens with one attached hydrogen (secondary N) is 1. The lowest BCUT2D eigenvalue weighted by Gasteiger charge is -2.37. The third-order valence-corrected chi connectivity index (χ3v) is 4.27. The summed E-state index contributed by atoms with van der Waals surface area (Å²) in [5, 5.41) is 3.56. The van der Waals surface area contributed by atoms with Gasteiger partial charge < -0.3 is 5.32 Å². The Labute approximate surface area is 101 Å². The number of hydrogen-bond acceptors (Lipinski definition) is 2. The largest absolute Gasteiger partial charge is 0.315 e. The van der Waals surface area contributed by atoms with Crippen molar-refractivity contribution in [3.05, 3.63) is 0 Å². The highest BCUT2D eigenvalue weighted by Crippen LogP contribution is 2.29. The first-order valence-corrected chi connectivity index (χ1v) is 7.15. The predicted molar refractivity (Wildman–Crippen MR) is 69.6 cm³/mol. The van der Waals surface area contributed by atoms with E-state index in [0.29, 0.717) is 0 Å². The molecule has 0 bridgehead atoms. The maximum absolute atomic E-state index is 3.56. The lowest BCUT2D eigenvalue weighted by molar-refractivity contribution is 0.106. The maximum Gasteiger partial charge on any atom is 0.0261 e. The summed E-state index contributed by atoms with van der Waals surface area (Å²) >= 11 is 0. The Bertz CT molecular complexity index is 209. The zero-order valence-electron chi connectivity index (χ0n) is 11.2. The highest BCUT2D eigenvalue weighted by atomic mass is 15.2. The minimum atomic E-state index is 0.797. The number of hydrogen-bond donors (Lipinski definition) is 1. The van der Waals surface area contributed by atoms with Gasteiger partial charge in [0, 0.05) is 25.2 Å². The molecule has 2 fully saturated rings. The van der Waals surface area contributed by atoms with E-state index in [-0.39, 0.29) is 0 Å². The highest BCUT2D eigenvalue weighted by Gasteiger charge is 2.34. The summed E-state index contributed by atoms with van der Waals surface area (Å²) in [5.41, 5.74) is 0. The molecule has 0 aromatic heterocycles. The summed E-state index contributed by atoms with van der Waals surface area (Å²) in [7, 11) is 0. The Morgan fingerprint density at radius 1 is 1.19 bits per heavy atom. The van der Waals surface area contributed by atoms with Gasteiger partial charge in [-0.3, -0.25) is 4.90 Å². The van der Waals surface area contributed by atoms with Gasteiger partial charge in [-0.2, -0.15) is 0 Å². The van der Waals surface area contributed by atoms with Crippen LogP contribution in [-0.4, -0.2) is 36.6 Å². The number of rotatable bonds is 4. The Hall–Kier alpha value is -0.0800. The van der Waals surface area contributed by atoms with Crippen molar-refractivity contribution in [1.82, 2.24) is 10.2 Å². The molecule has 1 N–H and O–H groups in total. The van der Waals surface area contributed by atoms with Crippen molar-refractivity contribution < 1.29 is 0 Å². The SMILES string of the molecule is CC(C)CN(C1CCCC1)C1CNCC1C. The quantitative estimate of drug-likeness (QED) is 0.789. The van der Waals surface area contributed by atoms with E-state index >= 15 is 0 Å².